The number of carbonyl (C=O) groups excluding carboxylic acids is 4. The maximum absolute atomic E-state index is 13.0. The molecule has 1 unspecified atom stereocenters. The van der Waals surface area contributed by atoms with E-state index in [2.05, 4.69) is 20.9 Å². The lowest BCUT2D eigenvalue weighted by atomic mass is 9.87. The number of amides is 3. The second-order valence-corrected chi connectivity index (χ2v) is 19.4. The number of hydrogen-bond donors (Lipinski definition) is 2. The van der Waals surface area contributed by atoms with E-state index < -0.39 is 56.2 Å². The molecule has 3 amide bonds. The number of alkyl halides is 3. The molecule has 1 saturated carbocycles. The molecule has 2 spiro atoms. The number of para-hydroxylation sites is 1. The first-order valence-corrected chi connectivity index (χ1v) is 23.9. The molecule has 1 aliphatic carbocycles. The van der Waals surface area contributed by atoms with Crippen LogP contribution >= 0.6 is 0 Å². The van der Waals surface area contributed by atoms with Gasteiger partial charge in [-0.25, -0.2) is 18.0 Å². The molecule has 8 rings (SSSR count). The molecule has 3 saturated heterocycles. The van der Waals surface area contributed by atoms with Gasteiger partial charge in [0.15, 0.2) is 6.10 Å². The standard InChI is InChI=1S/C23H29F3N4O7S.C21H27N3O5/c1-2-35-21(32)36-29-10-6-17(7-11-29)27-20(31)19-15-22(37-28-19)8-12-30(13-9-22)38(33,34)18-5-3-4-16(14-18)23(24,25)26;1-15(27-17-5-3-2-4-6-17)19(25)24-11-9-21(10-12-24)13-18(23-29-21)28-20(26)22-14-16-7-8-16/h3-5,14,17H,2,6-13,15H2,1H3,(H,27,31);2-6,15-16H,7-14H2,1H3,(H,22,26). The van der Waals surface area contributed by atoms with Gasteiger partial charge in [0.2, 0.25) is 15.9 Å². The Hall–Kier alpha value is -5.68. The second kappa shape index (κ2) is 21.1. The third-order valence-electron chi connectivity index (χ3n) is 12.4. The van der Waals surface area contributed by atoms with Crippen LogP contribution in [0.25, 0.3) is 0 Å². The van der Waals surface area contributed by atoms with Crippen molar-refractivity contribution in [3.63, 3.8) is 0 Å². The number of alkyl carbamates (subject to hydrolysis) is 1. The number of nitrogens with one attached hydrogen (secondary N) is 2. The molecule has 0 aromatic heterocycles. The van der Waals surface area contributed by atoms with Crippen molar-refractivity contribution in [1.82, 2.24) is 24.9 Å². The summed E-state index contributed by atoms with van der Waals surface area (Å²) in [6, 6.07) is 12.8. The highest BCUT2D eigenvalue weighted by Crippen LogP contribution is 2.38. The van der Waals surface area contributed by atoms with E-state index in [0.29, 0.717) is 88.5 Å². The van der Waals surface area contributed by atoms with Crippen molar-refractivity contribution in [3.8, 4) is 5.75 Å². The topological polar surface area (TPSA) is 216 Å². The van der Waals surface area contributed by atoms with E-state index in [-0.39, 0.29) is 62.5 Å². The van der Waals surface area contributed by atoms with Gasteiger partial charge < -0.3 is 44.3 Å². The molecule has 5 aliphatic heterocycles. The molecule has 23 heteroatoms. The van der Waals surface area contributed by atoms with E-state index in [1.165, 1.54) is 5.06 Å². The first-order valence-electron chi connectivity index (χ1n) is 22.5. The van der Waals surface area contributed by atoms with E-state index in [9.17, 15) is 40.8 Å². The van der Waals surface area contributed by atoms with Crippen LogP contribution in [0.1, 0.15) is 83.6 Å². The normalized spacial score (nSPS) is 21.1. The molecule has 19 nitrogen and oxygen atoms in total. The number of benzene rings is 2. The van der Waals surface area contributed by atoms with Crippen molar-refractivity contribution in [2.45, 2.75) is 112 Å². The predicted molar refractivity (Wildman–Crippen MR) is 232 cm³/mol. The lowest BCUT2D eigenvalue weighted by molar-refractivity contribution is -0.143. The SMILES string of the molecule is CC(Oc1ccccc1)C(=O)N1CCC2(CC1)CC(OC(=O)NCC1CC1)=NO2.CCOC(=O)ON1CCC(NC(=O)C2=NOC3(CCN(S(=O)(=O)c4cccc(C(F)(F)F)c4)CC3)C2)CC1. The number of nitrogens with zero attached hydrogens (tertiary/aromatic N) is 5. The van der Waals surface area contributed by atoms with Crippen LogP contribution in [0.2, 0.25) is 0 Å². The van der Waals surface area contributed by atoms with E-state index >= 15 is 0 Å². The maximum Gasteiger partial charge on any atom is 0.527 e. The smallest absolute Gasteiger partial charge is 0.481 e. The number of likely N-dealkylation sites (tertiary alicyclic amines) is 1. The van der Waals surface area contributed by atoms with Gasteiger partial charge in [-0.3, -0.25) is 9.59 Å². The fourth-order valence-electron chi connectivity index (χ4n) is 8.29. The summed E-state index contributed by atoms with van der Waals surface area (Å²) >= 11 is 0. The lowest BCUT2D eigenvalue weighted by Gasteiger charge is -2.37. The minimum absolute atomic E-state index is 0.0158. The van der Waals surface area contributed by atoms with Crippen LogP contribution in [0.3, 0.4) is 0 Å². The molecule has 67 heavy (non-hydrogen) atoms. The summed E-state index contributed by atoms with van der Waals surface area (Å²) < 4.78 is 81.9. The number of hydroxylamine groups is 2. The molecule has 2 N–H and O–H groups in total. The van der Waals surface area contributed by atoms with Crippen LogP contribution in [0, 0.1) is 5.92 Å². The highest BCUT2D eigenvalue weighted by Gasteiger charge is 2.47. The summed E-state index contributed by atoms with van der Waals surface area (Å²) in [6.45, 7) is 6.29. The van der Waals surface area contributed by atoms with Gasteiger partial charge >= 0.3 is 18.4 Å². The number of sulfonamides is 1. The zero-order valence-electron chi connectivity index (χ0n) is 37.3. The minimum atomic E-state index is -4.66. The van der Waals surface area contributed by atoms with Gasteiger partial charge in [-0.2, -0.15) is 17.5 Å². The second-order valence-electron chi connectivity index (χ2n) is 17.4. The fourth-order valence-corrected chi connectivity index (χ4v) is 9.77. The van der Waals surface area contributed by atoms with Gasteiger partial charge in [0.1, 0.15) is 22.7 Å². The van der Waals surface area contributed by atoms with E-state index in [4.69, 9.17) is 28.7 Å². The number of halogens is 3. The molecular formula is C44H56F3N7O12S. The van der Waals surface area contributed by atoms with Gasteiger partial charge in [-0.15, -0.1) is 5.06 Å². The molecule has 4 fully saturated rings. The van der Waals surface area contributed by atoms with E-state index in [1.54, 1.807) is 18.7 Å². The Labute approximate surface area is 386 Å². The van der Waals surface area contributed by atoms with Crippen molar-refractivity contribution in [2.75, 3.05) is 52.4 Å². The summed E-state index contributed by atoms with van der Waals surface area (Å²) in [5, 5.41) is 15.1. The average molecular weight is 964 g/mol. The first-order chi connectivity index (χ1) is 31.9. The summed E-state index contributed by atoms with van der Waals surface area (Å²) in [6.07, 6.45) is -0.657. The molecule has 0 radical (unpaired) electrons. The summed E-state index contributed by atoms with van der Waals surface area (Å²) in [5.41, 5.74) is -2.17. The Morgan fingerprint density at radius 2 is 1.52 bits per heavy atom. The molecule has 0 bridgehead atoms. The molecule has 2 aromatic rings. The number of piperidine rings is 3. The molecule has 2 aromatic carbocycles. The van der Waals surface area contributed by atoms with Gasteiger partial charge in [0, 0.05) is 84.0 Å². The predicted octanol–water partition coefficient (Wildman–Crippen LogP) is 5.36. The van der Waals surface area contributed by atoms with E-state index in [1.807, 2.05) is 30.3 Å². The molecular weight excluding hydrogens is 908 g/mol. The summed E-state index contributed by atoms with van der Waals surface area (Å²) in [4.78, 5) is 66.4. The number of oxime groups is 2. The van der Waals surface area contributed by atoms with Crippen LogP contribution in [-0.2, 0) is 49.8 Å². The molecule has 1 atom stereocenters. The highest BCUT2D eigenvalue weighted by molar-refractivity contribution is 7.89. The van der Waals surface area contributed by atoms with Crippen LogP contribution in [-0.4, -0.2) is 134 Å². The van der Waals surface area contributed by atoms with Crippen molar-refractivity contribution in [2.24, 2.45) is 16.2 Å². The Balaban J connectivity index is 0.000000206. The zero-order valence-corrected chi connectivity index (χ0v) is 38.1. The zero-order chi connectivity index (χ0) is 47.8. The van der Waals surface area contributed by atoms with Crippen LogP contribution < -0.4 is 15.4 Å². The fraction of sp³-hybridized carbons (Fsp3) is 0.591. The lowest BCUT2D eigenvalue weighted by Crippen LogP contribution is -2.50. The van der Waals surface area contributed by atoms with Gasteiger partial charge in [0.05, 0.1) is 23.5 Å². The number of ether oxygens (including phenoxy) is 3. The highest BCUT2D eigenvalue weighted by atomic mass is 32.2. The van der Waals surface area contributed by atoms with Crippen molar-refractivity contribution in [3.05, 3.63) is 60.2 Å². The Bertz CT molecular complexity index is 2260. The van der Waals surface area contributed by atoms with Gasteiger partial charge in [0.25, 0.3) is 11.8 Å². The van der Waals surface area contributed by atoms with Gasteiger partial charge in [-0.1, -0.05) is 34.6 Å². The quantitative estimate of drug-likeness (QED) is 0.272. The van der Waals surface area contributed by atoms with Crippen LogP contribution in [0.15, 0.2) is 69.8 Å². The average Bonchev–Trinajstić information content (AvgIpc) is 3.94. The van der Waals surface area contributed by atoms with Crippen molar-refractivity contribution >= 4 is 45.7 Å². The third kappa shape index (κ3) is 13.1. The van der Waals surface area contributed by atoms with Gasteiger partial charge in [-0.05, 0) is 75.8 Å². The number of hydrogen-bond acceptors (Lipinski definition) is 15. The molecule has 366 valence electrons. The Morgan fingerprint density at radius 1 is 0.866 bits per heavy atom. The number of rotatable bonds is 11. The van der Waals surface area contributed by atoms with E-state index in [0.717, 1.165) is 35.3 Å². The van der Waals surface area contributed by atoms with Crippen LogP contribution in [0.5, 0.6) is 5.75 Å². The van der Waals surface area contributed by atoms with Crippen LogP contribution in [0.4, 0.5) is 22.8 Å². The Morgan fingerprint density at radius 3 is 2.18 bits per heavy atom. The maximum atomic E-state index is 13.0. The largest absolute Gasteiger partial charge is 0.527 e. The summed E-state index contributed by atoms with van der Waals surface area (Å²) in [7, 11) is -4.14. The third-order valence-corrected chi connectivity index (χ3v) is 14.3. The first kappa shape index (κ1) is 49.2. The van der Waals surface area contributed by atoms with Crippen molar-refractivity contribution < 1.29 is 69.5 Å². The Kier molecular flexibility index (Phi) is 15.5. The monoisotopic (exact) mass is 963 g/mol. The minimum Gasteiger partial charge on any atom is -0.481 e. The molecule has 6 aliphatic rings. The molecule has 5 heterocycles. The summed E-state index contributed by atoms with van der Waals surface area (Å²) in [5.74, 6) is 1.14. The number of carbonyl (C=O) groups is 4. The van der Waals surface area contributed by atoms with Crippen molar-refractivity contribution in [1.29, 1.82) is 0 Å².